The van der Waals surface area contributed by atoms with Crippen molar-refractivity contribution in [2.75, 3.05) is 0 Å². The molecule has 3 nitrogen and oxygen atoms in total. The van der Waals surface area contributed by atoms with Crippen LogP contribution in [0.3, 0.4) is 0 Å². The van der Waals surface area contributed by atoms with E-state index in [4.69, 9.17) is 0 Å². The van der Waals surface area contributed by atoms with Crippen LogP contribution in [0.15, 0.2) is 85.1 Å². The van der Waals surface area contributed by atoms with Gasteiger partial charge in [-0.1, -0.05) is 66.7 Å². The quantitative estimate of drug-likeness (QED) is 0.695. The van der Waals surface area contributed by atoms with Gasteiger partial charge in [-0.25, -0.2) is 0 Å². The van der Waals surface area contributed by atoms with E-state index in [0.717, 1.165) is 0 Å². The van der Waals surface area contributed by atoms with Gasteiger partial charge < -0.3 is 4.57 Å². The number of carbonyl (C=O) groups excluding carboxylic acids is 1. The van der Waals surface area contributed by atoms with Crippen LogP contribution < -0.4 is 10.6 Å². The van der Waals surface area contributed by atoms with Crippen molar-refractivity contribution in [1.29, 1.82) is 0 Å². The summed E-state index contributed by atoms with van der Waals surface area (Å²) in [4.78, 5) is 17.0. The van der Waals surface area contributed by atoms with Crippen LogP contribution in [0, 0.1) is 0 Å². The van der Waals surface area contributed by atoms with Crippen LogP contribution in [-0.2, 0) is 4.57 Å². The first-order valence-electron chi connectivity index (χ1n) is 6.90. The molecule has 0 aliphatic heterocycles. The Bertz CT molecular complexity index is 774. The zero-order valence-electron chi connectivity index (χ0n) is 11.8. The number of rotatable bonds is 4. The third-order valence-electron chi connectivity index (χ3n) is 3.41. The Morgan fingerprint density at radius 2 is 1.23 bits per heavy atom. The van der Waals surface area contributed by atoms with Crippen molar-refractivity contribution in [2.45, 2.75) is 0 Å². The molecule has 0 atom stereocenters. The van der Waals surface area contributed by atoms with E-state index in [2.05, 4.69) is 4.98 Å². The molecule has 0 spiro atoms. The van der Waals surface area contributed by atoms with Crippen molar-refractivity contribution in [3.05, 3.63) is 90.8 Å². The fraction of sp³-hybridized carbons (Fsp3) is 0. The minimum atomic E-state index is -3.44. The predicted molar refractivity (Wildman–Crippen MR) is 88.3 cm³/mol. The highest BCUT2D eigenvalue weighted by Gasteiger charge is 2.37. The molecule has 4 heteroatoms. The normalized spacial score (nSPS) is 11.1. The van der Waals surface area contributed by atoms with Crippen LogP contribution in [0.5, 0.6) is 0 Å². The summed E-state index contributed by atoms with van der Waals surface area (Å²) in [5.41, 5.74) is -0.218. The molecule has 0 radical (unpaired) electrons. The number of carbonyl (C=O) groups is 1. The lowest BCUT2D eigenvalue weighted by Crippen LogP contribution is -2.23. The highest BCUT2D eigenvalue weighted by Crippen LogP contribution is 2.46. The monoisotopic (exact) mass is 307 g/mol. The van der Waals surface area contributed by atoms with E-state index in [0.29, 0.717) is 10.6 Å². The van der Waals surface area contributed by atoms with Crippen LogP contribution in [0.2, 0.25) is 0 Å². The summed E-state index contributed by atoms with van der Waals surface area (Å²) in [5, 5.41) is 1.05. The van der Waals surface area contributed by atoms with E-state index >= 15 is 0 Å². The van der Waals surface area contributed by atoms with Crippen molar-refractivity contribution in [3.63, 3.8) is 0 Å². The molecule has 3 rings (SSSR count). The van der Waals surface area contributed by atoms with Crippen molar-refractivity contribution < 1.29 is 9.36 Å². The first kappa shape index (κ1) is 14.4. The third kappa shape index (κ3) is 2.51. The van der Waals surface area contributed by atoms with Gasteiger partial charge in [0.15, 0.2) is 0 Å². The van der Waals surface area contributed by atoms with Gasteiger partial charge in [-0.3, -0.25) is 9.78 Å². The molecule has 0 saturated heterocycles. The molecule has 22 heavy (non-hydrogen) atoms. The second-order valence-corrected chi connectivity index (χ2v) is 7.46. The Balaban J connectivity index is 2.21. The van der Waals surface area contributed by atoms with Gasteiger partial charge in [0.05, 0.1) is 0 Å². The Morgan fingerprint density at radius 1 is 0.727 bits per heavy atom. The van der Waals surface area contributed by atoms with Crippen molar-refractivity contribution in [3.8, 4) is 0 Å². The fourth-order valence-corrected chi connectivity index (χ4v) is 4.72. The number of hydrogen-bond donors (Lipinski definition) is 0. The maximum absolute atomic E-state index is 13.7. The lowest BCUT2D eigenvalue weighted by atomic mass is 10.4. The largest absolute Gasteiger partial charge is 0.305 e. The number of pyridine rings is 1. The SMILES string of the molecule is O=C(c1ccccn1)P(=O)(c1ccccc1)c1ccccc1. The number of hydrogen-bond acceptors (Lipinski definition) is 3. The predicted octanol–water partition coefficient (Wildman–Crippen LogP) is 3.24. The molecular weight excluding hydrogens is 293 g/mol. The van der Waals surface area contributed by atoms with E-state index in [-0.39, 0.29) is 5.69 Å². The van der Waals surface area contributed by atoms with E-state index in [1.807, 2.05) is 12.1 Å². The Labute approximate surface area is 129 Å². The molecule has 108 valence electrons. The summed E-state index contributed by atoms with van der Waals surface area (Å²) in [6.45, 7) is 0. The van der Waals surface area contributed by atoms with Gasteiger partial charge in [0.25, 0.3) is 0 Å². The molecule has 0 fully saturated rings. The first-order chi connectivity index (χ1) is 10.7. The molecule has 2 aromatic carbocycles. The van der Waals surface area contributed by atoms with Crippen molar-refractivity contribution in [1.82, 2.24) is 4.98 Å². The number of nitrogens with zero attached hydrogens (tertiary/aromatic N) is 1. The van der Waals surface area contributed by atoms with E-state index in [9.17, 15) is 9.36 Å². The lowest BCUT2D eigenvalue weighted by Gasteiger charge is -2.17. The standard InChI is InChI=1S/C18H14NO2P/c20-18(17-13-7-8-14-19-17)22(21,15-9-3-1-4-10-15)16-11-5-2-6-12-16/h1-14H. The molecule has 0 bridgehead atoms. The molecule has 1 aromatic heterocycles. The van der Waals surface area contributed by atoms with Crippen LogP contribution in [0.1, 0.15) is 10.5 Å². The smallest absolute Gasteiger partial charge is 0.248 e. The Kier molecular flexibility index (Phi) is 3.99. The van der Waals surface area contributed by atoms with Crippen molar-refractivity contribution >= 4 is 23.3 Å². The molecule has 0 unspecified atom stereocenters. The lowest BCUT2D eigenvalue weighted by molar-refractivity contribution is 0.107. The summed E-state index contributed by atoms with van der Waals surface area (Å²) in [7, 11) is -3.44. The van der Waals surface area contributed by atoms with Crippen molar-refractivity contribution in [2.24, 2.45) is 0 Å². The summed E-state index contributed by atoms with van der Waals surface area (Å²) < 4.78 is 13.7. The second kappa shape index (κ2) is 6.08. The van der Waals surface area contributed by atoms with Gasteiger partial charge in [0.1, 0.15) is 5.69 Å². The summed E-state index contributed by atoms with van der Waals surface area (Å²) in [6.07, 6.45) is 1.54. The van der Waals surface area contributed by atoms with Gasteiger partial charge >= 0.3 is 0 Å². The fourth-order valence-electron chi connectivity index (χ4n) is 2.31. The summed E-state index contributed by atoms with van der Waals surface area (Å²) >= 11 is 0. The highest BCUT2D eigenvalue weighted by atomic mass is 31.2. The minimum absolute atomic E-state index is 0.221. The average molecular weight is 307 g/mol. The molecule has 3 aromatic rings. The number of aromatic nitrogens is 1. The topological polar surface area (TPSA) is 47.0 Å². The van der Waals surface area contributed by atoms with Gasteiger partial charge in [0, 0.05) is 16.8 Å². The zero-order valence-corrected chi connectivity index (χ0v) is 12.7. The summed E-state index contributed by atoms with van der Waals surface area (Å²) in [6, 6.07) is 22.8. The molecular formula is C18H14NO2P. The average Bonchev–Trinajstić information content (AvgIpc) is 2.62. The molecule has 0 amide bonds. The van der Waals surface area contributed by atoms with Gasteiger partial charge in [0.2, 0.25) is 12.7 Å². The molecule has 0 N–H and O–H groups in total. The molecule has 0 aliphatic carbocycles. The molecule has 0 saturated carbocycles. The maximum atomic E-state index is 13.7. The highest BCUT2D eigenvalue weighted by molar-refractivity contribution is 7.93. The third-order valence-corrected chi connectivity index (χ3v) is 6.26. The van der Waals surface area contributed by atoms with E-state index in [1.165, 1.54) is 6.20 Å². The van der Waals surface area contributed by atoms with Crippen LogP contribution in [0.4, 0.5) is 0 Å². The van der Waals surface area contributed by atoms with Crippen LogP contribution in [-0.4, -0.2) is 10.5 Å². The van der Waals surface area contributed by atoms with Gasteiger partial charge in [-0.15, -0.1) is 0 Å². The van der Waals surface area contributed by atoms with Gasteiger partial charge in [-0.2, -0.15) is 0 Å². The van der Waals surface area contributed by atoms with Crippen LogP contribution in [0.25, 0.3) is 0 Å². The summed E-state index contributed by atoms with van der Waals surface area (Å²) in [5.74, 6) is 0. The first-order valence-corrected chi connectivity index (χ1v) is 8.61. The van der Waals surface area contributed by atoms with Crippen LogP contribution >= 0.6 is 7.14 Å². The van der Waals surface area contributed by atoms with E-state index in [1.54, 1.807) is 66.7 Å². The second-order valence-electron chi connectivity index (χ2n) is 4.80. The molecule has 1 heterocycles. The minimum Gasteiger partial charge on any atom is -0.305 e. The Morgan fingerprint density at radius 3 is 1.68 bits per heavy atom. The maximum Gasteiger partial charge on any atom is 0.248 e. The Hall–Kier alpha value is -2.51. The number of benzene rings is 2. The van der Waals surface area contributed by atoms with E-state index < -0.39 is 12.7 Å². The molecule has 0 aliphatic rings. The zero-order chi connectivity index (χ0) is 15.4. The van der Waals surface area contributed by atoms with Gasteiger partial charge in [-0.05, 0) is 12.1 Å².